The number of benzene rings is 1. The molecule has 0 amide bonds. The Bertz CT molecular complexity index is 426. The molecule has 17 heavy (non-hydrogen) atoms. The van der Waals surface area contributed by atoms with Crippen LogP contribution in [-0.2, 0) is 9.08 Å². The molecule has 0 aliphatic carbocycles. The van der Waals surface area contributed by atoms with Gasteiger partial charge in [0.25, 0.3) is 0 Å². The van der Waals surface area contributed by atoms with Crippen LogP contribution in [0.2, 0.25) is 0 Å². The number of hydrogen-bond acceptors (Lipinski definition) is 5. The number of ketones is 1. The number of Topliss-reactive ketones (excluding diaryl/α,β-unsaturated/α-hetero) is 1. The Morgan fingerprint density at radius 2 is 2.06 bits per heavy atom. The van der Waals surface area contributed by atoms with Crippen LogP contribution in [0, 0.1) is 0 Å². The molecule has 3 N–H and O–H groups in total. The highest BCUT2D eigenvalue weighted by atomic mass is 35.5. The second kappa shape index (κ2) is 6.44. The van der Waals surface area contributed by atoms with E-state index in [0.29, 0.717) is 11.3 Å². The molecule has 0 aromatic heterocycles. The van der Waals surface area contributed by atoms with Gasteiger partial charge in [0.05, 0.1) is 5.69 Å². The van der Waals surface area contributed by atoms with E-state index in [0.717, 1.165) is 0 Å². The number of hydrogen-bond donors (Lipinski definition) is 2. The van der Waals surface area contributed by atoms with E-state index in [1.165, 1.54) is 0 Å². The lowest BCUT2D eigenvalue weighted by Gasteiger charge is -2.09. The van der Waals surface area contributed by atoms with Crippen LogP contribution in [0.5, 0.6) is 0 Å². The van der Waals surface area contributed by atoms with Crippen molar-refractivity contribution in [3.63, 3.8) is 0 Å². The van der Waals surface area contributed by atoms with Gasteiger partial charge < -0.3 is 10.0 Å². The molecule has 1 atom stereocenters. The van der Waals surface area contributed by atoms with Gasteiger partial charge in [-0.25, -0.2) is 4.79 Å². The van der Waals surface area contributed by atoms with Gasteiger partial charge in [-0.3, -0.25) is 9.63 Å². The first-order chi connectivity index (χ1) is 8.10. The van der Waals surface area contributed by atoms with Crippen LogP contribution in [0.1, 0.15) is 16.8 Å². The average Bonchev–Trinajstić information content (AvgIpc) is 2.37. The Hall–Kier alpha value is -1.30. The van der Waals surface area contributed by atoms with Gasteiger partial charge in [0, 0.05) is 23.8 Å². The summed E-state index contributed by atoms with van der Waals surface area (Å²) < 4.78 is 3.92. The zero-order valence-electron chi connectivity index (χ0n) is 8.65. The van der Waals surface area contributed by atoms with Crippen molar-refractivity contribution in [2.75, 3.05) is 4.84 Å². The first-order valence-electron chi connectivity index (χ1n) is 4.67. The van der Waals surface area contributed by atoms with E-state index in [-0.39, 0.29) is 12.2 Å². The number of halogens is 2. The van der Waals surface area contributed by atoms with Crippen molar-refractivity contribution in [2.45, 2.75) is 12.5 Å². The highest BCUT2D eigenvalue weighted by Gasteiger charge is 2.21. The Kier molecular flexibility index (Phi) is 5.21. The summed E-state index contributed by atoms with van der Waals surface area (Å²) in [6, 6.07) is 5.51. The predicted octanol–water partition coefficient (Wildman–Crippen LogP) is 1.85. The highest BCUT2D eigenvalue weighted by molar-refractivity contribution is 6.25. The normalized spacial score (nSPS) is 11.7. The summed E-state index contributed by atoms with van der Waals surface area (Å²) in [7, 11) is 0. The summed E-state index contributed by atoms with van der Waals surface area (Å²) in [6.45, 7) is 0. The van der Waals surface area contributed by atoms with Gasteiger partial charge >= 0.3 is 5.97 Å². The lowest BCUT2D eigenvalue weighted by atomic mass is 10.0. The third kappa shape index (κ3) is 3.59. The standard InChI is InChI=1S/C10H10Cl2N2O3/c11-14-8-4-2-1-3-6(8)9(15)5-7(13)10(16)17-12/h1-4,7,14H,5,13H2. The maximum absolute atomic E-state index is 11.8. The number of carbonyl (C=O) groups is 2. The third-order valence-corrected chi connectivity index (χ3v) is 2.47. The van der Waals surface area contributed by atoms with E-state index in [4.69, 9.17) is 29.4 Å². The van der Waals surface area contributed by atoms with Crippen molar-refractivity contribution in [3.8, 4) is 0 Å². The summed E-state index contributed by atoms with van der Waals surface area (Å²) in [6.07, 6.45) is -0.207. The molecule has 0 bridgehead atoms. The van der Waals surface area contributed by atoms with Gasteiger partial charge in [0.15, 0.2) is 5.78 Å². The molecule has 0 saturated heterocycles. The predicted molar refractivity (Wildman–Crippen MR) is 64.8 cm³/mol. The Morgan fingerprint density at radius 1 is 1.41 bits per heavy atom. The Morgan fingerprint density at radius 3 is 2.65 bits per heavy atom. The molecule has 92 valence electrons. The van der Waals surface area contributed by atoms with Crippen LogP contribution >= 0.6 is 23.6 Å². The number of carbonyl (C=O) groups excluding carboxylic acids is 2. The molecule has 1 aromatic carbocycles. The van der Waals surface area contributed by atoms with Gasteiger partial charge in [0.2, 0.25) is 0 Å². The van der Waals surface area contributed by atoms with Crippen molar-refractivity contribution in [1.29, 1.82) is 0 Å². The molecule has 1 rings (SSSR count). The molecule has 0 aliphatic rings. The first-order valence-corrected chi connectivity index (χ1v) is 5.35. The molecule has 0 aliphatic heterocycles. The minimum absolute atomic E-state index is 0.207. The summed E-state index contributed by atoms with van der Waals surface area (Å²) in [5, 5.41) is 0. The van der Waals surface area contributed by atoms with Crippen molar-refractivity contribution in [1.82, 2.24) is 0 Å². The number of nitrogens with one attached hydrogen (secondary N) is 1. The SMILES string of the molecule is NC(CC(=O)c1ccccc1NCl)C(=O)OCl. The van der Waals surface area contributed by atoms with E-state index in [1.54, 1.807) is 24.3 Å². The van der Waals surface area contributed by atoms with Gasteiger partial charge in [-0.1, -0.05) is 12.1 Å². The van der Waals surface area contributed by atoms with Crippen molar-refractivity contribution in [2.24, 2.45) is 5.73 Å². The van der Waals surface area contributed by atoms with Crippen LogP contribution in [0.15, 0.2) is 24.3 Å². The lowest BCUT2D eigenvalue weighted by molar-refractivity contribution is -0.135. The Labute approximate surface area is 108 Å². The second-order valence-electron chi connectivity index (χ2n) is 3.27. The fourth-order valence-electron chi connectivity index (χ4n) is 1.26. The highest BCUT2D eigenvalue weighted by Crippen LogP contribution is 2.18. The molecule has 0 fully saturated rings. The third-order valence-electron chi connectivity index (χ3n) is 2.11. The van der Waals surface area contributed by atoms with E-state index < -0.39 is 12.0 Å². The lowest BCUT2D eigenvalue weighted by Crippen LogP contribution is -2.33. The zero-order valence-corrected chi connectivity index (χ0v) is 10.2. The van der Waals surface area contributed by atoms with Crippen LogP contribution in [0.25, 0.3) is 0 Å². The van der Waals surface area contributed by atoms with Crippen LogP contribution in [0.3, 0.4) is 0 Å². The second-order valence-corrected chi connectivity index (χ2v) is 3.61. The fourth-order valence-corrected chi connectivity index (χ4v) is 1.54. The number of rotatable bonds is 5. The first kappa shape index (κ1) is 13.8. The maximum atomic E-state index is 11.8. The van der Waals surface area contributed by atoms with Crippen LogP contribution in [0.4, 0.5) is 5.69 Å². The minimum atomic E-state index is -1.09. The van der Waals surface area contributed by atoms with E-state index in [1.807, 2.05) is 0 Å². The smallest absolute Gasteiger partial charge is 0.341 e. The number of para-hydroxylation sites is 1. The van der Waals surface area contributed by atoms with Gasteiger partial charge in [-0.15, -0.1) is 0 Å². The molecule has 1 aromatic rings. The van der Waals surface area contributed by atoms with Crippen molar-refractivity contribution < 1.29 is 13.9 Å². The molecule has 7 heteroatoms. The molecule has 0 radical (unpaired) electrons. The largest absolute Gasteiger partial charge is 0.346 e. The van der Waals surface area contributed by atoms with E-state index in [9.17, 15) is 9.59 Å². The van der Waals surface area contributed by atoms with Gasteiger partial charge in [-0.2, -0.15) is 0 Å². The van der Waals surface area contributed by atoms with Gasteiger partial charge in [-0.05, 0) is 12.1 Å². The number of nitrogens with two attached hydrogens (primary N) is 1. The topological polar surface area (TPSA) is 81.4 Å². The molecule has 0 spiro atoms. The monoisotopic (exact) mass is 276 g/mol. The molecule has 0 heterocycles. The fraction of sp³-hybridized carbons (Fsp3) is 0.200. The van der Waals surface area contributed by atoms with Crippen LogP contribution < -0.4 is 10.6 Å². The van der Waals surface area contributed by atoms with Gasteiger partial charge in [0.1, 0.15) is 17.9 Å². The molecular weight excluding hydrogens is 267 g/mol. The van der Waals surface area contributed by atoms with E-state index >= 15 is 0 Å². The zero-order chi connectivity index (χ0) is 12.8. The van der Waals surface area contributed by atoms with E-state index in [2.05, 4.69) is 9.13 Å². The molecule has 0 saturated carbocycles. The average molecular weight is 277 g/mol. The molecular formula is C10H10Cl2N2O3. The Balaban J connectivity index is 2.79. The maximum Gasteiger partial charge on any atom is 0.341 e. The molecule has 1 unspecified atom stereocenters. The summed E-state index contributed by atoms with van der Waals surface area (Å²) in [5.74, 6) is -1.18. The quantitative estimate of drug-likeness (QED) is 0.634. The van der Waals surface area contributed by atoms with Crippen molar-refractivity contribution in [3.05, 3.63) is 29.8 Å². The number of anilines is 1. The minimum Gasteiger partial charge on any atom is -0.346 e. The van der Waals surface area contributed by atoms with Crippen molar-refractivity contribution >= 4 is 41.1 Å². The van der Waals surface area contributed by atoms with Crippen LogP contribution in [-0.4, -0.2) is 17.8 Å². The summed E-state index contributed by atoms with van der Waals surface area (Å²) >= 11 is 10.3. The molecule has 5 nitrogen and oxygen atoms in total. The summed E-state index contributed by atoms with van der Waals surface area (Å²) in [4.78, 5) is 25.1. The summed E-state index contributed by atoms with van der Waals surface area (Å²) in [5.41, 5.74) is 6.22.